The number of aliphatic carboxylic acids is 1. The van der Waals surface area contributed by atoms with Gasteiger partial charge in [-0.15, -0.1) is 0 Å². The number of rotatable bonds is 3. The fourth-order valence-corrected chi connectivity index (χ4v) is 2.50. The van der Waals surface area contributed by atoms with Crippen molar-refractivity contribution in [3.63, 3.8) is 0 Å². The van der Waals surface area contributed by atoms with Crippen LogP contribution in [-0.4, -0.2) is 29.1 Å². The molecule has 1 aromatic carbocycles. The highest BCUT2D eigenvalue weighted by atomic mass is 19.4. The van der Waals surface area contributed by atoms with Crippen LogP contribution in [0.25, 0.3) is 0 Å². The van der Waals surface area contributed by atoms with E-state index in [0.717, 1.165) is 17.7 Å². The van der Waals surface area contributed by atoms with Gasteiger partial charge < -0.3 is 5.11 Å². The molecule has 1 aromatic rings. The second-order valence-corrected chi connectivity index (χ2v) is 5.11. The molecule has 0 aromatic heterocycles. The third-order valence-electron chi connectivity index (χ3n) is 3.84. The Kier molecular flexibility index (Phi) is 4.04. The fraction of sp³-hybridized carbons (Fsp3) is 0.500. The molecule has 110 valence electrons. The summed E-state index contributed by atoms with van der Waals surface area (Å²) in [5, 5.41) is 8.96. The van der Waals surface area contributed by atoms with Crippen LogP contribution in [0.5, 0.6) is 0 Å². The van der Waals surface area contributed by atoms with E-state index in [0.29, 0.717) is 19.5 Å². The first-order valence-corrected chi connectivity index (χ1v) is 6.43. The molecule has 0 saturated carbocycles. The molecule has 20 heavy (non-hydrogen) atoms. The smallest absolute Gasteiger partial charge is 0.416 e. The van der Waals surface area contributed by atoms with E-state index in [1.807, 2.05) is 11.8 Å². The second-order valence-electron chi connectivity index (χ2n) is 5.11. The van der Waals surface area contributed by atoms with Gasteiger partial charge in [0.25, 0.3) is 0 Å². The van der Waals surface area contributed by atoms with Crippen LogP contribution in [0.2, 0.25) is 0 Å². The van der Waals surface area contributed by atoms with Gasteiger partial charge in [-0.3, -0.25) is 9.69 Å². The van der Waals surface area contributed by atoms with Crippen molar-refractivity contribution in [1.82, 2.24) is 4.90 Å². The van der Waals surface area contributed by atoms with Crippen molar-refractivity contribution in [3.05, 3.63) is 35.4 Å². The van der Waals surface area contributed by atoms with E-state index in [2.05, 4.69) is 0 Å². The van der Waals surface area contributed by atoms with Crippen LogP contribution in [0.15, 0.2) is 24.3 Å². The van der Waals surface area contributed by atoms with E-state index >= 15 is 0 Å². The van der Waals surface area contributed by atoms with Crippen molar-refractivity contribution in [2.75, 3.05) is 13.1 Å². The first-order chi connectivity index (χ1) is 9.29. The summed E-state index contributed by atoms with van der Waals surface area (Å²) >= 11 is 0. The lowest BCUT2D eigenvalue weighted by atomic mass is 10.0. The number of nitrogens with zero attached hydrogens (tertiary/aromatic N) is 1. The Morgan fingerprint density at radius 2 is 1.95 bits per heavy atom. The van der Waals surface area contributed by atoms with Crippen molar-refractivity contribution in [3.8, 4) is 0 Å². The van der Waals surface area contributed by atoms with Crippen LogP contribution in [0, 0.1) is 5.92 Å². The molecular formula is C14H16F3NO2. The van der Waals surface area contributed by atoms with Crippen molar-refractivity contribution in [2.24, 2.45) is 5.92 Å². The van der Waals surface area contributed by atoms with Crippen LogP contribution < -0.4 is 0 Å². The zero-order valence-electron chi connectivity index (χ0n) is 11.0. The van der Waals surface area contributed by atoms with Gasteiger partial charge in [0.2, 0.25) is 0 Å². The summed E-state index contributed by atoms with van der Waals surface area (Å²) in [5.41, 5.74) is 0.0994. The maximum atomic E-state index is 12.5. The number of carbonyl (C=O) groups is 1. The number of alkyl halides is 3. The van der Waals surface area contributed by atoms with Crippen LogP contribution in [0.4, 0.5) is 13.2 Å². The molecule has 2 rings (SSSR count). The number of likely N-dealkylation sites (tertiary alicyclic amines) is 1. The van der Waals surface area contributed by atoms with Crippen molar-refractivity contribution in [2.45, 2.75) is 25.6 Å². The zero-order chi connectivity index (χ0) is 14.9. The molecule has 1 N–H and O–H groups in total. The highest BCUT2D eigenvalue weighted by molar-refractivity contribution is 5.70. The van der Waals surface area contributed by atoms with Crippen LogP contribution >= 0.6 is 0 Å². The standard InChI is InChI=1S/C14H16F3NO2/c1-9(18-7-6-11(8-18)13(19)20)10-2-4-12(5-3-10)14(15,16)17/h2-5,9,11H,6-8H2,1H3,(H,19,20)/t9-,11+/m0/s1. The van der Waals surface area contributed by atoms with Gasteiger partial charge in [0, 0.05) is 12.6 Å². The molecule has 2 atom stereocenters. The predicted molar refractivity (Wildman–Crippen MR) is 67.2 cm³/mol. The quantitative estimate of drug-likeness (QED) is 0.928. The highest BCUT2D eigenvalue weighted by Crippen LogP contribution is 2.32. The normalized spacial score (nSPS) is 21.9. The van der Waals surface area contributed by atoms with E-state index in [9.17, 15) is 18.0 Å². The zero-order valence-corrected chi connectivity index (χ0v) is 11.0. The van der Waals surface area contributed by atoms with Crippen molar-refractivity contribution < 1.29 is 23.1 Å². The number of carboxylic acid groups (broad SMARTS) is 1. The summed E-state index contributed by atoms with van der Waals surface area (Å²) in [4.78, 5) is 12.9. The van der Waals surface area contributed by atoms with Gasteiger partial charge >= 0.3 is 12.1 Å². The number of halogens is 3. The molecule has 1 saturated heterocycles. The second kappa shape index (κ2) is 5.44. The molecule has 1 heterocycles. The SMILES string of the molecule is C[C@@H](c1ccc(C(F)(F)F)cc1)N1CC[C@@H](C(=O)O)C1. The van der Waals surface area contributed by atoms with Gasteiger partial charge in [-0.25, -0.2) is 0 Å². The molecular weight excluding hydrogens is 271 g/mol. The number of hydrogen-bond donors (Lipinski definition) is 1. The Balaban J connectivity index is 2.07. The lowest BCUT2D eigenvalue weighted by molar-refractivity contribution is -0.141. The first kappa shape index (κ1) is 14.8. The lowest BCUT2D eigenvalue weighted by Crippen LogP contribution is -2.26. The minimum Gasteiger partial charge on any atom is -0.481 e. The van der Waals surface area contributed by atoms with Crippen LogP contribution in [0.1, 0.15) is 30.5 Å². The molecule has 1 aliphatic rings. The molecule has 0 aliphatic carbocycles. The molecule has 1 fully saturated rings. The molecule has 0 bridgehead atoms. The predicted octanol–water partition coefficient (Wildman–Crippen LogP) is 3.17. The molecule has 0 spiro atoms. The Morgan fingerprint density at radius 1 is 1.35 bits per heavy atom. The Morgan fingerprint density at radius 3 is 2.40 bits per heavy atom. The average molecular weight is 287 g/mol. The van der Waals surface area contributed by atoms with E-state index in [4.69, 9.17) is 5.11 Å². The number of benzene rings is 1. The summed E-state index contributed by atoms with van der Waals surface area (Å²) in [6.45, 7) is 2.98. The van der Waals surface area contributed by atoms with Gasteiger partial charge in [0.1, 0.15) is 0 Å². The summed E-state index contributed by atoms with van der Waals surface area (Å²) in [5.74, 6) is -1.20. The molecule has 0 unspecified atom stereocenters. The molecule has 3 nitrogen and oxygen atoms in total. The largest absolute Gasteiger partial charge is 0.481 e. The van der Waals surface area contributed by atoms with Crippen molar-refractivity contribution in [1.29, 1.82) is 0 Å². The summed E-state index contributed by atoms with van der Waals surface area (Å²) < 4.78 is 37.5. The van der Waals surface area contributed by atoms with Gasteiger partial charge in [-0.05, 0) is 37.6 Å². The van der Waals surface area contributed by atoms with Crippen molar-refractivity contribution >= 4 is 5.97 Å². The van der Waals surface area contributed by atoms with E-state index < -0.39 is 17.7 Å². The lowest BCUT2D eigenvalue weighted by Gasteiger charge is -2.24. The average Bonchev–Trinajstić information content (AvgIpc) is 2.86. The third-order valence-corrected chi connectivity index (χ3v) is 3.84. The summed E-state index contributed by atoms with van der Waals surface area (Å²) in [6.07, 6.45) is -3.75. The van der Waals surface area contributed by atoms with Gasteiger partial charge in [0.15, 0.2) is 0 Å². The van der Waals surface area contributed by atoms with Gasteiger partial charge in [-0.1, -0.05) is 12.1 Å². The molecule has 1 aliphatic heterocycles. The van der Waals surface area contributed by atoms with E-state index in [1.165, 1.54) is 12.1 Å². The third kappa shape index (κ3) is 3.12. The molecule has 0 radical (unpaired) electrons. The first-order valence-electron chi connectivity index (χ1n) is 6.43. The monoisotopic (exact) mass is 287 g/mol. The minimum atomic E-state index is -4.33. The topological polar surface area (TPSA) is 40.5 Å². The van der Waals surface area contributed by atoms with Crippen LogP contribution in [-0.2, 0) is 11.0 Å². The molecule has 0 amide bonds. The number of carboxylic acids is 1. The Bertz CT molecular complexity index is 484. The Hall–Kier alpha value is -1.56. The van der Waals surface area contributed by atoms with Gasteiger partial charge in [0.05, 0.1) is 11.5 Å². The minimum absolute atomic E-state index is 0.0818. The maximum Gasteiger partial charge on any atom is 0.416 e. The highest BCUT2D eigenvalue weighted by Gasteiger charge is 2.32. The Labute approximate surface area is 115 Å². The molecule has 6 heteroatoms. The van der Waals surface area contributed by atoms with E-state index in [-0.39, 0.29) is 12.0 Å². The maximum absolute atomic E-state index is 12.5. The van der Waals surface area contributed by atoms with Gasteiger partial charge in [-0.2, -0.15) is 13.2 Å². The number of hydrogen-bond acceptors (Lipinski definition) is 2. The van der Waals surface area contributed by atoms with Crippen LogP contribution in [0.3, 0.4) is 0 Å². The summed E-state index contributed by atoms with van der Waals surface area (Å²) in [7, 11) is 0. The summed E-state index contributed by atoms with van der Waals surface area (Å²) in [6, 6.07) is 4.97. The van der Waals surface area contributed by atoms with E-state index in [1.54, 1.807) is 0 Å². The fourth-order valence-electron chi connectivity index (χ4n) is 2.50.